The van der Waals surface area contributed by atoms with E-state index in [0.29, 0.717) is 44.2 Å². The predicted octanol–water partition coefficient (Wildman–Crippen LogP) is 3.15. The summed E-state index contributed by atoms with van der Waals surface area (Å²) in [5, 5.41) is 11.1. The fourth-order valence-electron chi connectivity index (χ4n) is 4.31. The molecule has 0 spiro atoms. The van der Waals surface area contributed by atoms with E-state index < -0.39 is 17.7 Å². The molecule has 1 atom stereocenters. The maximum Gasteiger partial charge on any atom is 0.295 e. The van der Waals surface area contributed by atoms with E-state index in [4.69, 9.17) is 9.47 Å². The molecule has 2 aromatic carbocycles. The van der Waals surface area contributed by atoms with Gasteiger partial charge in [0.1, 0.15) is 11.5 Å². The standard InChI is InChI=1S/C26H30N2O5/c1-3-33-21-10-8-19(9-11-21)23-22(24(29)20-6-4-18(2)5-7-20)25(30)26(31)28(23)13-12-27-14-16-32-17-15-27/h4-11,23,29H,3,12-17H2,1-2H3/b24-22+/t23-/m0/s1. The molecule has 7 nitrogen and oxygen atoms in total. The highest BCUT2D eigenvalue weighted by Crippen LogP contribution is 2.39. The van der Waals surface area contributed by atoms with E-state index in [1.165, 1.54) is 0 Å². The number of carbonyl (C=O) groups is 2. The number of hydrogen-bond acceptors (Lipinski definition) is 6. The summed E-state index contributed by atoms with van der Waals surface area (Å²) in [7, 11) is 0. The van der Waals surface area contributed by atoms with Gasteiger partial charge in [-0.2, -0.15) is 0 Å². The van der Waals surface area contributed by atoms with E-state index in [0.717, 1.165) is 24.2 Å². The van der Waals surface area contributed by atoms with E-state index in [-0.39, 0.29) is 11.3 Å². The maximum atomic E-state index is 13.1. The van der Waals surface area contributed by atoms with Crippen LogP contribution < -0.4 is 4.74 Å². The summed E-state index contributed by atoms with van der Waals surface area (Å²) < 4.78 is 11.0. The molecule has 2 fully saturated rings. The predicted molar refractivity (Wildman–Crippen MR) is 125 cm³/mol. The Kier molecular flexibility index (Phi) is 7.11. The van der Waals surface area contributed by atoms with Gasteiger partial charge in [0.05, 0.1) is 31.4 Å². The van der Waals surface area contributed by atoms with Crippen LogP contribution in [0, 0.1) is 6.92 Å². The molecule has 33 heavy (non-hydrogen) atoms. The molecule has 2 saturated heterocycles. The molecular weight excluding hydrogens is 420 g/mol. The number of ether oxygens (including phenoxy) is 2. The van der Waals surface area contributed by atoms with Crippen molar-refractivity contribution in [2.75, 3.05) is 46.0 Å². The first-order chi connectivity index (χ1) is 16.0. The Bertz CT molecular complexity index is 1020. The van der Waals surface area contributed by atoms with Crippen LogP contribution >= 0.6 is 0 Å². The molecule has 2 aliphatic rings. The molecular formula is C26H30N2O5. The first-order valence-electron chi connectivity index (χ1n) is 11.4. The monoisotopic (exact) mass is 450 g/mol. The molecule has 0 bridgehead atoms. The van der Waals surface area contributed by atoms with Crippen LogP contribution in [0.4, 0.5) is 0 Å². The van der Waals surface area contributed by atoms with E-state index in [1.54, 1.807) is 17.0 Å². The van der Waals surface area contributed by atoms with Gasteiger partial charge in [-0.25, -0.2) is 0 Å². The lowest BCUT2D eigenvalue weighted by Crippen LogP contribution is -2.42. The summed E-state index contributed by atoms with van der Waals surface area (Å²) >= 11 is 0. The van der Waals surface area contributed by atoms with Gasteiger partial charge >= 0.3 is 0 Å². The van der Waals surface area contributed by atoms with Gasteiger partial charge in [0.25, 0.3) is 11.7 Å². The largest absolute Gasteiger partial charge is 0.507 e. The van der Waals surface area contributed by atoms with Crippen molar-refractivity contribution in [1.82, 2.24) is 9.80 Å². The van der Waals surface area contributed by atoms with Crippen molar-refractivity contribution in [3.63, 3.8) is 0 Å². The highest BCUT2D eigenvalue weighted by atomic mass is 16.5. The highest BCUT2D eigenvalue weighted by molar-refractivity contribution is 6.46. The van der Waals surface area contributed by atoms with Crippen LogP contribution in [0.3, 0.4) is 0 Å². The van der Waals surface area contributed by atoms with Gasteiger partial charge in [-0.1, -0.05) is 42.0 Å². The highest BCUT2D eigenvalue weighted by Gasteiger charge is 2.46. The molecule has 174 valence electrons. The lowest BCUT2D eigenvalue weighted by molar-refractivity contribution is -0.140. The number of morpholine rings is 1. The summed E-state index contributed by atoms with van der Waals surface area (Å²) in [6.45, 7) is 8.34. The van der Waals surface area contributed by atoms with Crippen LogP contribution in [0.25, 0.3) is 5.76 Å². The first kappa shape index (κ1) is 23.0. The Morgan fingerprint density at radius 3 is 2.33 bits per heavy atom. The lowest BCUT2D eigenvalue weighted by atomic mass is 9.95. The number of aryl methyl sites for hydroxylation is 1. The topological polar surface area (TPSA) is 79.3 Å². The fourth-order valence-corrected chi connectivity index (χ4v) is 4.31. The van der Waals surface area contributed by atoms with Crippen molar-refractivity contribution in [2.45, 2.75) is 19.9 Å². The number of rotatable bonds is 7. The summed E-state index contributed by atoms with van der Waals surface area (Å²) in [5.74, 6) is -0.684. The van der Waals surface area contributed by atoms with Crippen LogP contribution in [-0.2, 0) is 14.3 Å². The quantitative estimate of drug-likeness (QED) is 0.397. The number of carbonyl (C=O) groups excluding carboxylic acids is 2. The Morgan fingerprint density at radius 1 is 1.03 bits per heavy atom. The number of ketones is 1. The summed E-state index contributed by atoms with van der Waals surface area (Å²) in [6.07, 6.45) is 0. The van der Waals surface area contributed by atoms with Crippen LogP contribution in [0.15, 0.2) is 54.1 Å². The van der Waals surface area contributed by atoms with Crippen molar-refractivity contribution in [3.05, 3.63) is 70.8 Å². The number of nitrogens with zero attached hydrogens (tertiary/aromatic N) is 2. The SMILES string of the molecule is CCOc1ccc([C@H]2/C(=C(\O)c3ccc(C)cc3)C(=O)C(=O)N2CCN2CCOCC2)cc1. The van der Waals surface area contributed by atoms with E-state index in [2.05, 4.69) is 4.90 Å². The molecule has 1 amide bonds. The van der Waals surface area contributed by atoms with Crippen LogP contribution in [0.5, 0.6) is 5.75 Å². The van der Waals surface area contributed by atoms with Crippen LogP contribution in [0.1, 0.15) is 29.7 Å². The minimum absolute atomic E-state index is 0.120. The number of likely N-dealkylation sites (tertiary alicyclic amines) is 1. The lowest BCUT2D eigenvalue weighted by Gasteiger charge is -2.31. The Labute approximate surface area is 194 Å². The maximum absolute atomic E-state index is 13.1. The summed E-state index contributed by atoms with van der Waals surface area (Å²) in [5.41, 5.74) is 2.44. The number of aliphatic hydroxyl groups is 1. The van der Waals surface area contributed by atoms with Gasteiger partial charge in [-0.05, 0) is 31.5 Å². The molecule has 0 radical (unpaired) electrons. The number of benzene rings is 2. The minimum Gasteiger partial charge on any atom is -0.507 e. The average Bonchev–Trinajstić information content (AvgIpc) is 3.09. The third kappa shape index (κ3) is 4.94. The molecule has 1 N–H and O–H groups in total. The summed E-state index contributed by atoms with van der Waals surface area (Å²) in [4.78, 5) is 30.0. The van der Waals surface area contributed by atoms with E-state index in [1.807, 2.05) is 50.2 Å². The first-order valence-corrected chi connectivity index (χ1v) is 11.4. The van der Waals surface area contributed by atoms with E-state index >= 15 is 0 Å². The van der Waals surface area contributed by atoms with Gasteiger partial charge < -0.3 is 19.5 Å². The molecule has 2 heterocycles. The van der Waals surface area contributed by atoms with Gasteiger partial charge in [-0.3, -0.25) is 14.5 Å². The second-order valence-electron chi connectivity index (χ2n) is 8.31. The normalized spacial score (nSPS) is 20.9. The van der Waals surface area contributed by atoms with Crippen LogP contribution in [0.2, 0.25) is 0 Å². The second-order valence-corrected chi connectivity index (χ2v) is 8.31. The molecule has 4 rings (SSSR count). The zero-order valence-electron chi connectivity index (χ0n) is 19.1. The van der Waals surface area contributed by atoms with E-state index in [9.17, 15) is 14.7 Å². The van der Waals surface area contributed by atoms with Crippen molar-refractivity contribution in [1.29, 1.82) is 0 Å². The van der Waals surface area contributed by atoms with Gasteiger partial charge in [0.15, 0.2) is 0 Å². The Balaban J connectivity index is 1.71. The molecule has 0 unspecified atom stereocenters. The zero-order chi connectivity index (χ0) is 23.4. The molecule has 0 aromatic heterocycles. The molecule has 2 aliphatic heterocycles. The second kappa shape index (κ2) is 10.2. The molecule has 0 aliphatic carbocycles. The number of hydrogen-bond donors (Lipinski definition) is 1. The van der Waals surface area contributed by atoms with Gasteiger partial charge in [0, 0.05) is 31.7 Å². The van der Waals surface area contributed by atoms with Crippen molar-refractivity contribution >= 4 is 17.4 Å². The zero-order valence-corrected chi connectivity index (χ0v) is 19.1. The molecule has 7 heteroatoms. The number of aliphatic hydroxyl groups excluding tert-OH is 1. The fraction of sp³-hybridized carbons (Fsp3) is 0.385. The third-order valence-electron chi connectivity index (χ3n) is 6.13. The van der Waals surface area contributed by atoms with Crippen molar-refractivity contribution < 1.29 is 24.2 Å². The minimum atomic E-state index is -0.664. The van der Waals surface area contributed by atoms with Crippen molar-refractivity contribution in [2.24, 2.45) is 0 Å². The Morgan fingerprint density at radius 2 is 1.70 bits per heavy atom. The Hall–Kier alpha value is -3.16. The smallest absolute Gasteiger partial charge is 0.295 e. The molecule has 2 aromatic rings. The van der Waals surface area contributed by atoms with Crippen LogP contribution in [-0.4, -0.2) is 72.6 Å². The number of Topliss-reactive ketones (excluding diaryl/α,β-unsaturated/α-hetero) is 1. The van der Waals surface area contributed by atoms with Gasteiger partial charge in [-0.15, -0.1) is 0 Å². The third-order valence-corrected chi connectivity index (χ3v) is 6.13. The number of amides is 1. The summed E-state index contributed by atoms with van der Waals surface area (Å²) in [6, 6.07) is 14.0. The molecule has 0 saturated carbocycles. The average molecular weight is 451 g/mol. The van der Waals surface area contributed by atoms with Gasteiger partial charge in [0.2, 0.25) is 0 Å². The van der Waals surface area contributed by atoms with Crippen molar-refractivity contribution in [3.8, 4) is 5.75 Å².